The second-order valence-corrected chi connectivity index (χ2v) is 9.12. The SMILES string of the molecule is CC(C)N(C(=O)CN1CCC[C@H]1c1ccc(-c2cnc(N)nc2)cn1)C1CCCCC1. The number of hydrogen-bond acceptors (Lipinski definition) is 6. The summed E-state index contributed by atoms with van der Waals surface area (Å²) in [6, 6.07) is 4.97. The number of anilines is 1. The number of amides is 1. The number of rotatable bonds is 6. The fraction of sp³-hybridized carbons (Fsp3) is 0.583. The van der Waals surface area contributed by atoms with Crippen molar-refractivity contribution in [2.75, 3.05) is 18.8 Å². The van der Waals surface area contributed by atoms with Gasteiger partial charge in [0.15, 0.2) is 0 Å². The van der Waals surface area contributed by atoms with Crippen molar-refractivity contribution in [3.63, 3.8) is 0 Å². The Morgan fingerprint density at radius 2 is 1.74 bits per heavy atom. The van der Waals surface area contributed by atoms with Gasteiger partial charge in [0.2, 0.25) is 11.9 Å². The van der Waals surface area contributed by atoms with E-state index in [-0.39, 0.29) is 23.9 Å². The molecular formula is C24H34N6O. The lowest BCUT2D eigenvalue weighted by Crippen LogP contribution is -2.49. The number of carbonyl (C=O) groups is 1. The van der Waals surface area contributed by atoms with E-state index in [1.165, 1.54) is 19.3 Å². The molecule has 1 atom stereocenters. The van der Waals surface area contributed by atoms with Gasteiger partial charge in [-0.15, -0.1) is 0 Å². The molecule has 7 nitrogen and oxygen atoms in total. The molecule has 0 radical (unpaired) electrons. The molecule has 1 aliphatic heterocycles. The fourth-order valence-corrected chi connectivity index (χ4v) is 5.14. The van der Waals surface area contributed by atoms with Gasteiger partial charge in [-0.05, 0) is 52.1 Å². The van der Waals surface area contributed by atoms with Crippen LogP contribution >= 0.6 is 0 Å². The van der Waals surface area contributed by atoms with Crippen molar-refractivity contribution in [1.29, 1.82) is 0 Å². The molecule has 2 aliphatic rings. The van der Waals surface area contributed by atoms with Gasteiger partial charge in [0.25, 0.3) is 0 Å². The predicted octanol–water partition coefficient (Wildman–Crippen LogP) is 3.83. The zero-order valence-electron chi connectivity index (χ0n) is 18.7. The zero-order valence-corrected chi connectivity index (χ0v) is 18.7. The van der Waals surface area contributed by atoms with Crippen molar-refractivity contribution in [3.05, 3.63) is 36.4 Å². The standard InChI is InChI=1S/C24H34N6O/c1-17(2)30(20-7-4-3-5-8-20)23(31)16-29-12-6-9-22(29)21-11-10-18(13-26-21)19-14-27-24(25)28-15-19/h10-11,13-15,17,20,22H,3-9,12,16H2,1-2H3,(H2,25,27,28)/t22-/m0/s1. The molecule has 2 N–H and O–H groups in total. The maximum atomic E-state index is 13.3. The molecule has 2 aromatic heterocycles. The van der Waals surface area contributed by atoms with Crippen molar-refractivity contribution in [1.82, 2.24) is 24.8 Å². The largest absolute Gasteiger partial charge is 0.368 e. The van der Waals surface area contributed by atoms with Gasteiger partial charge >= 0.3 is 0 Å². The van der Waals surface area contributed by atoms with Crippen LogP contribution in [0.25, 0.3) is 11.1 Å². The van der Waals surface area contributed by atoms with Crippen molar-refractivity contribution in [2.45, 2.75) is 76.9 Å². The van der Waals surface area contributed by atoms with E-state index >= 15 is 0 Å². The van der Waals surface area contributed by atoms with E-state index in [1.807, 2.05) is 6.20 Å². The van der Waals surface area contributed by atoms with Crippen LogP contribution in [0.3, 0.4) is 0 Å². The maximum Gasteiger partial charge on any atom is 0.237 e. The van der Waals surface area contributed by atoms with Gasteiger partial charge in [-0.3, -0.25) is 14.7 Å². The summed E-state index contributed by atoms with van der Waals surface area (Å²) in [5, 5.41) is 0. The van der Waals surface area contributed by atoms with Crippen LogP contribution in [0.5, 0.6) is 0 Å². The average molecular weight is 423 g/mol. The molecule has 2 aromatic rings. The predicted molar refractivity (Wildman–Crippen MR) is 122 cm³/mol. The van der Waals surface area contributed by atoms with E-state index in [1.54, 1.807) is 12.4 Å². The Morgan fingerprint density at radius 3 is 2.39 bits per heavy atom. The van der Waals surface area contributed by atoms with E-state index in [4.69, 9.17) is 10.7 Å². The molecule has 31 heavy (non-hydrogen) atoms. The zero-order chi connectivity index (χ0) is 21.8. The molecule has 4 rings (SSSR count). The Hall–Kier alpha value is -2.54. The van der Waals surface area contributed by atoms with Crippen LogP contribution in [0.15, 0.2) is 30.7 Å². The van der Waals surface area contributed by atoms with E-state index in [0.29, 0.717) is 12.6 Å². The summed E-state index contributed by atoms with van der Waals surface area (Å²) >= 11 is 0. The molecule has 1 aliphatic carbocycles. The summed E-state index contributed by atoms with van der Waals surface area (Å²) < 4.78 is 0. The van der Waals surface area contributed by atoms with Crippen LogP contribution in [0.2, 0.25) is 0 Å². The van der Waals surface area contributed by atoms with Crippen LogP contribution in [0.4, 0.5) is 5.95 Å². The molecule has 1 saturated carbocycles. The summed E-state index contributed by atoms with van der Waals surface area (Å²) in [4.78, 5) is 30.6. The van der Waals surface area contributed by atoms with E-state index in [2.05, 4.69) is 45.7 Å². The van der Waals surface area contributed by atoms with Gasteiger partial charge in [-0.2, -0.15) is 0 Å². The third-order valence-electron chi connectivity index (χ3n) is 6.65. The van der Waals surface area contributed by atoms with Crippen molar-refractivity contribution >= 4 is 11.9 Å². The highest BCUT2D eigenvalue weighted by Gasteiger charge is 2.33. The van der Waals surface area contributed by atoms with Gasteiger partial charge < -0.3 is 10.6 Å². The molecule has 166 valence electrons. The van der Waals surface area contributed by atoms with Crippen LogP contribution in [0.1, 0.15) is 70.5 Å². The minimum atomic E-state index is 0.195. The number of carbonyl (C=O) groups excluding carboxylic acids is 1. The molecule has 0 unspecified atom stereocenters. The maximum absolute atomic E-state index is 13.3. The Morgan fingerprint density at radius 1 is 1.03 bits per heavy atom. The number of hydrogen-bond donors (Lipinski definition) is 1. The molecule has 1 amide bonds. The van der Waals surface area contributed by atoms with Gasteiger partial charge in [-0.1, -0.05) is 25.3 Å². The second kappa shape index (κ2) is 9.73. The van der Waals surface area contributed by atoms with Gasteiger partial charge in [-0.25, -0.2) is 9.97 Å². The smallest absolute Gasteiger partial charge is 0.237 e. The highest BCUT2D eigenvalue weighted by atomic mass is 16.2. The molecular weight excluding hydrogens is 388 g/mol. The topological polar surface area (TPSA) is 88.2 Å². The lowest BCUT2D eigenvalue weighted by molar-refractivity contribution is -0.137. The summed E-state index contributed by atoms with van der Waals surface area (Å²) in [6.07, 6.45) is 13.5. The van der Waals surface area contributed by atoms with E-state index in [0.717, 1.165) is 49.0 Å². The van der Waals surface area contributed by atoms with Crippen molar-refractivity contribution < 1.29 is 4.79 Å². The number of nitrogens with zero attached hydrogens (tertiary/aromatic N) is 5. The number of nitrogen functional groups attached to an aromatic ring is 1. The summed E-state index contributed by atoms with van der Waals surface area (Å²) in [5.41, 5.74) is 8.47. The minimum absolute atomic E-state index is 0.195. The third-order valence-corrected chi connectivity index (χ3v) is 6.65. The fourth-order valence-electron chi connectivity index (χ4n) is 5.14. The van der Waals surface area contributed by atoms with Gasteiger partial charge in [0.05, 0.1) is 18.3 Å². The quantitative estimate of drug-likeness (QED) is 0.761. The van der Waals surface area contributed by atoms with E-state index in [9.17, 15) is 4.79 Å². The molecule has 2 fully saturated rings. The first-order valence-corrected chi connectivity index (χ1v) is 11.6. The molecule has 0 spiro atoms. The average Bonchev–Trinajstić information content (AvgIpc) is 3.23. The van der Waals surface area contributed by atoms with Gasteiger partial charge in [0, 0.05) is 41.8 Å². The molecule has 1 saturated heterocycles. The van der Waals surface area contributed by atoms with Crippen LogP contribution in [-0.4, -0.2) is 55.8 Å². The lowest BCUT2D eigenvalue weighted by atomic mass is 9.93. The molecule has 0 bridgehead atoms. The Kier molecular flexibility index (Phi) is 6.80. The summed E-state index contributed by atoms with van der Waals surface area (Å²) in [5.74, 6) is 0.535. The molecule has 3 heterocycles. The highest BCUT2D eigenvalue weighted by molar-refractivity contribution is 5.79. The third kappa shape index (κ3) is 5.03. The lowest BCUT2D eigenvalue weighted by Gasteiger charge is -2.38. The second-order valence-electron chi connectivity index (χ2n) is 9.12. The number of likely N-dealkylation sites (tertiary alicyclic amines) is 1. The normalized spacial score (nSPS) is 20.3. The number of pyridine rings is 1. The highest BCUT2D eigenvalue weighted by Crippen LogP contribution is 2.32. The summed E-state index contributed by atoms with van der Waals surface area (Å²) in [6.45, 7) is 5.72. The Bertz CT molecular complexity index is 861. The first kappa shape index (κ1) is 21.7. The summed E-state index contributed by atoms with van der Waals surface area (Å²) in [7, 11) is 0. The van der Waals surface area contributed by atoms with Crippen LogP contribution in [-0.2, 0) is 4.79 Å². The van der Waals surface area contributed by atoms with Crippen LogP contribution in [0, 0.1) is 0 Å². The van der Waals surface area contributed by atoms with Gasteiger partial charge in [0.1, 0.15) is 0 Å². The van der Waals surface area contributed by atoms with Crippen molar-refractivity contribution in [2.24, 2.45) is 0 Å². The first-order chi connectivity index (χ1) is 15.0. The monoisotopic (exact) mass is 422 g/mol. The Balaban J connectivity index is 1.44. The Labute approximate surface area is 185 Å². The number of aromatic nitrogens is 3. The van der Waals surface area contributed by atoms with Crippen molar-refractivity contribution in [3.8, 4) is 11.1 Å². The molecule has 0 aromatic carbocycles. The minimum Gasteiger partial charge on any atom is -0.368 e. The number of nitrogens with two attached hydrogens (primary N) is 1. The first-order valence-electron chi connectivity index (χ1n) is 11.6. The van der Waals surface area contributed by atoms with Crippen LogP contribution < -0.4 is 5.73 Å². The molecule has 7 heteroatoms. The van der Waals surface area contributed by atoms with E-state index < -0.39 is 0 Å².